The maximum absolute atomic E-state index is 10.2. The smallest absolute Gasteiger partial charge is 0.237 e. The summed E-state index contributed by atoms with van der Waals surface area (Å²) in [4.78, 5) is 0. The van der Waals surface area contributed by atoms with Crippen LogP contribution in [0.25, 0.3) is 0 Å². The first-order valence-corrected chi connectivity index (χ1v) is 4.56. The van der Waals surface area contributed by atoms with Crippen LogP contribution in [0.5, 0.6) is 0 Å². The monoisotopic (exact) mass is 148 g/mol. The molecule has 0 saturated heterocycles. The summed E-state index contributed by atoms with van der Waals surface area (Å²) < 4.78 is 20.5. The highest BCUT2D eigenvalue weighted by atomic mass is 31.1. The molecule has 3 heteroatoms. The summed E-state index contributed by atoms with van der Waals surface area (Å²) in [6.07, 6.45) is 2.91. The van der Waals surface area contributed by atoms with E-state index < -0.39 is 7.68 Å². The lowest BCUT2D eigenvalue weighted by Crippen LogP contribution is -1.90. The van der Waals surface area contributed by atoms with E-state index in [-0.39, 0.29) is 5.66 Å². The maximum atomic E-state index is 10.2. The summed E-state index contributed by atoms with van der Waals surface area (Å²) in [5, 5.41) is 0. The van der Waals surface area contributed by atoms with Crippen LogP contribution in [0.2, 0.25) is 0 Å². The second-order valence-electron chi connectivity index (χ2n) is 2.28. The fraction of sp³-hybridized carbons (Fsp3) is 1.00. The molecule has 0 N–H and O–H groups in total. The second-order valence-corrected chi connectivity index (χ2v) is 3.73. The zero-order chi connectivity index (χ0) is 7.28. The van der Waals surface area contributed by atoms with Gasteiger partial charge in [0.2, 0.25) is 0 Å². The SMILES string of the molecule is CCCCC(C)P(=O)=O. The van der Waals surface area contributed by atoms with Crippen molar-refractivity contribution >= 4 is 7.68 Å². The lowest BCUT2D eigenvalue weighted by Gasteiger charge is -1.96. The fourth-order valence-electron chi connectivity index (χ4n) is 0.605. The van der Waals surface area contributed by atoms with Crippen molar-refractivity contribution in [3.63, 3.8) is 0 Å². The Morgan fingerprint density at radius 3 is 2.33 bits per heavy atom. The van der Waals surface area contributed by atoms with Crippen LogP contribution >= 0.6 is 7.68 Å². The number of hydrogen-bond acceptors (Lipinski definition) is 2. The van der Waals surface area contributed by atoms with Gasteiger partial charge < -0.3 is 0 Å². The Labute approximate surface area is 56.5 Å². The highest BCUT2D eigenvalue weighted by Gasteiger charge is 2.04. The van der Waals surface area contributed by atoms with Crippen LogP contribution in [-0.2, 0) is 9.13 Å². The van der Waals surface area contributed by atoms with Gasteiger partial charge in [0, 0.05) is 0 Å². The van der Waals surface area contributed by atoms with Gasteiger partial charge in [-0.3, -0.25) is 0 Å². The van der Waals surface area contributed by atoms with Gasteiger partial charge >= 0.3 is 7.68 Å². The van der Waals surface area contributed by atoms with E-state index in [1.54, 1.807) is 6.92 Å². The van der Waals surface area contributed by atoms with Crippen molar-refractivity contribution in [3.8, 4) is 0 Å². The molecule has 0 rings (SSSR count). The van der Waals surface area contributed by atoms with E-state index >= 15 is 0 Å². The van der Waals surface area contributed by atoms with Crippen molar-refractivity contribution in [3.05, 3.63) is 0 Å². The van der Waals surface area contributed by atoms with Gasteiger partial charge in [0.1, 0.15) is 0 Å². The number of unbranched alkanes of at least 4 members (excludes halogenated alkanes) is 1. The van der Waals surface area contributed by atoms with E-state index in [0.29, 0.717) is 0 Å². The third kappa shape index (κ3) is 4.41. The second kappa shape index (κ2) is 4.75. The summed E-state index contributed by atoms with van der Waals surface area (Å²) in [5.41, 5.74) is -0.125. The average molecular weight is 148 g/mol. The first kappa shape index (κ1) is 8.90. The Morgan fingerprint density at radius 1 is 1.44 bits per heavy atom. The summed E-state index contributed by atoms with van der Waals surface area (Å²) in [7, 11) is -2.17. The fourth-order valence-corrected chi connectivity index (χ4v) is 0.998. The van der Waals surface area contributed by atoms with Gasteiger partial charge in [-0.05, 0) is 13.3 Å². The Bertz CT molecular complexity index is 121. The van der Waals surface area contributed by atoms with E-state index in [4.69, 9.17) is 0 Å². The molecule has 1 atom stereocenters. The quantitative estimate of drug-likeness (QED) is 0.574. The first-order chi connectivity index (χ1) is 4.18. The summed E-state index contributed by atoms with van der Waals surface area (Å²) in [5.74, 6) is 0. The molecule has 54 valence electrons. The van der Waals surface area contributed by atoms with Gasteiger partial charge in [-0.1, -0.05) is 19.8 Å². The third-order valence-electron chi connectivity index (χ3n) is 1.34. The predicted molar refractivity (Wildman–Crippen MR) is 37.3 cm³/mol. The lowest BCUT2D eigenvalue weighted by atomic mass is 10.2. The highest BCUT2D eigenvalue weighted by molar-refractivity contribution is 7.31. The molecule has 9 heavy (non-hydrogen) atoms. The largest absolute Gasteiger partial charge is 0.318 e. The van der Waals surface area contributed by atoms with Crippen molar-refractivity contribution < 1.29 is 9.13 Å². The van der Waals surface area contributed by atoms with E-state index in [1.165, 1.54) is 0 Å². The minimum absolute atomic E-state index is 0.125. The highest BCUT2D eigenvalue weighted by Crippen LogP contribution is 2.18. The average Bonchev–Trinajstić information content (AvgIpc) is 1.82. The summed E-state index contributed by atoms with van der Waals surface area (Å²) in [6.45, 7) is 3.81. The Balaban J connectivity index is 3.38. The van der Waals surface area contributed by atoms with Crippen molar-refractivity contribution in [2.45, 2.75) is 38.8 Å². The molecule has 0 aromatic rings. The topological polar surface area (TPSA) is 34.1 Å². The summed E-state index contributed by atoms with van der Waals surface area (Å²) >= 11 is 0. The molecule has 0 aromatic carbocycles. The molecule has 0 aromatic heterocycles. The molecule has 0 bridgehead atoms. The van der Waals surface area contributed by atoms with Gasteiger partial charge in [-0.2, -0.15) is 0 Å². The van der Waals surface area contributed by atoms with E-state index in [2.05, 4.69) is 6.92 Å². The molecule has 0 fully saturated rings. The molecule has 0 spiro atoms. The molecule has 1 unspecified atom stereocenters. The summed E-state index contributed by atoms with van der Waals surface area (Å²) in [6, 6.07) is 0. The van der Waals surface area contributed by atoms with Crippen LogP contribution in [0.15, 0.2) is 0 Å². The maximum Gasteiger partial charge on any atom is 0.318 e. The zero-order valence-electron chi connectivity index (χ0n) is 5.96. The first-order valence-electron chi connectivity index (χ1n) is 3.32. The zero-order valence-corrected chi connectivity index (χ0v) is 6.86. The Morgan fingerprint density at radius 2 is 2.00 bits per heavy atom. The standard InChI is InChI=1S/C6H13O2P/c1-3-4-5-6(2)9(7)8/h6H,3-5H2,1-2H3. The van der Waals surface area contributed by atoms with Crippen LogP contribution in [0.1, 0.15) is 33.1 Å². The van der Waals surface area contributed by atoms with Gasteiger partial charge in [0.05, 0.1) is 5.66 Å². The molecule has 0 radical (unpaired) electrons. The van der Waals surface area contributed by atoms with Crippen LogP contribution in [0.3, 0.4) is 0 Å². The van der Waals surface area contributed by atoms with Crippen molar-refractivity contribution in [2.24, 2.45) is 0 Å². The minimum Gasteiger partial charge on any atom is -0.237 e. The third-order valence-corrected chi connectivity index (χ3v) is 2.31. The number of hydrogen-bond donors (Lipinski definition) is 0. The Hall–Kier alpha value is -0.100. The molecule has 0 saturated carbocycles. The van der Waals surface area contributed by atoms with Crippen LogP contribution in [-0.4, -0.2) is 5.66 Å². The number of rotatable bonds is 4. The lowest BCUT2D eigenvalue weighted by molar-refractivity contribution is 0.501. The molecular formula is C6H13O2P. The van der Waals surface area contributed by atoms with Crippen molar-refractivity contribution in [1.29, 1.82) is 0 Å². The predicted octanol–water partition coefficient (Wildman–Crippen LogP) is 2.74. The van der Waals surface area contributed by atoms with Gasteiger partial charge in [0.25, 0.3) is 0 Å². The van der Waals surface area contributed by atoms with Crippen molar-refractivity contribution in [1.82, 2.24) is 0 Å². The Kier molecular flexibility index (Phi) is 4.70. The molecule has 0 aliphatic rings. The molecule has 0 aliphatic heterocycles. The van der Waals surface area contributed by atoms with E-state index in [0.717, 1.165) is 19.3 Å². The molecule has 0 amide bonds. The van der Waals surface area contributed by atoms with Crippen LogP contribution in [0, 0.1) is 0 Å². The molecule has 0 heterocycles. The van der Waals surface area contributed by atoms with Crippen LogP contribution in [0.4, 0.5) is 0 Å². The van der Waals surface area contributed by atoms with Crippen LogP contribution < -0.4 is 0 Å². The van der Waals surface area contributed by atoms with E-state index in [9.17, 15) is 9.13 Å². The molecular weight excluding hydrogens is 135 g/mol. The van der Waals surface area contributed by atoms with Crippen molar-refractivity contribution in [2.75, 3.05) is 0 Å². The van der Waals surface area contributed by atoms with Gasteiger partial charge in [-0.15, -0.1) is 0 Å². The van der Waals surface area contributed by atoms with Gasteiger partial charge in [-0.25, -0.2) is 9.13 Å². The van der Waals surface area contributed by atoms with Gasteiger partial charge in [0.15, 0.2) is 0 Å². The normalized spacial score (nSPS) is 13.1. The minimum atomic E-state index is -2.17. The van der Waals surface area contributed by atoms with E-state index in [1.807, 2.05) is 0 Å². The molecule has 0 aliphatic carbocycles. The molecule has 2 nitrogen and oxygen atoms in total.